The first-order valence-electron chi connectivity index (χ1n) is 10.4. The number of nitro benzene ring substituents is 4. The zero-order chi connectivity index (χ0) is 27.9. The fourth-order valence-electron chi connectivity index (χ4n) is 2.60. The standard InChI is InChI=1S/C22H18N4O12/c27-23(28)17-5-7-21(19(15-17)25(31)32)37-13-11-35-9-3-1-2-4-10-36-12-14-38-22-8-6-18(24(29)30)16-20(22)26(33)34/h5-8,15-16H,9-14H2. The molecule has 0 spiro atoms. The predicted octanol–water partition coefficient (Wildman–Crippen LogP) is 2.82. The average molecular weight is 530 g/mol. The fourth-order valence-corrected chi connectivity index (χ4v) is 2.60. The van der Waals surface area contributed by atoms with Gasteiger partial charge in [-0.2, -0.15) is 0 Å². The quantitative estimate of drug-likeness (QED) is 0.149. The van der Waals surface area contributed by atoms with Crippen LogP contribution in [0.25, 0.3) is 0 Å². The smallest absolute Gasteiger partial charge is 0.317 e. The molecule has 0 heterocycles. The van der Waals surface area contributed by atoms with Gasteiger partial charge in [-0.3, -0.25) is 40.5 Å². The van der Waals surface area contributed by atoms with E-state index in [1.165, 1.54) is 0 Å². The number of benzene rings is 2. The first-order valence-corrected chi connectivity index (χ1v) is 10.4. The molecule has 2 aromatic carbocycles. The zero-order valence-corrected chi connectivity index (χ0v) is 19.4. The number of nitro groups is 4. The van der Waals surface area contributed by atoms with Gasteiger partial charge in [0.05, 0.1) is 45.0 Å². The Morgan fingerprint density at radius 2 is 0.974 bits per heavy atom. The monoisotopic (exact) mass is 530 g/mol. The van der Waals surface area contributed by atoms with Gasteiger partial charge in [-0.25, -0.2) is 0 Å². The number of hydrogen-bond donors (Lipinski definition) is 0. The molecule has 0 aliphatic heterocycles. The van der Waals surface area contributed by atoms with E-state index in [4.69, 9.17) is 18.9 Å². The lowest BCUT2D eigenvalue weighted by atomic mass is 10.2. The minimum Gasteiger partial charge on any atom is -0.484 e. The van der Waals surface area contributed by atoms with Crippen LogP contribution in [0.1, 0.15) is 0 Å². The van der Waals surface area contributed by atoms with Gasteiger partial charge in [-0.1, -0.05) is 11.8 Å². The summed E-state index contributed by atoms with van der Waals surface area (Å²) in [7, 11) is 0. The van der Waals surface area contributed by atoms with Gasteiger partial charge in [0.25, 0.3) is 11.4 Å². The van der Waals surface area contributed by atoms with Gasteiger partial charge < -0.3 is 18.9 Å². The fraction of sp³-hybridized carbons (Fsp3) is 0.273. The highest BCUT2D eigenvalue weighted by molar-refractivity contribution is 5.54. The molecule has 0 saturated heterocycles. The SMILES string of the molecule is O=[N+]([O-])c1ccc(OCCOCC#CC#CCOCCOc2ccc([N+](=O)[O-])cc2[N+](=O)[O-])c([N+](=O)[O-])c1. The maximum atomic E-state index is 11.0. The van der Waals surface area contributed by atoms with Crippen LogP contribution in [0.4, 0.5) is 22.7 Å². The summed E-state index contributed by atoms with van der Waals surface area (Å²) in [6.45, 7) is 0.000685. The third-order valence-electron chi connectivity index (χ3n) is 4.26. The molecule has 0 unspecified atom stereocenters. The molecule has 0 atom stereocenters. The number of ether oxygens (including phenoxy) is 4. The van der Waals surface area contributed by atoms with E-state index in [-0.39, 0.29) is 51.1 Å². The Hall–Kier alpha value is -5.32. The third kappa shape index (κ3) is 9.38. The van der Waals surface area contributed by atoms with Crippen molar-refractivity contribution >= 4 is 22.7 Å². The summed E-state index contributed by atoms with van der Waals surface area (Å²) < 4.78 is 20.8. The van der Waals surface area contributed by atoms with E-state index in [1.807, 2.05) is 0 Å². The molecule has 16 nitrogen and oxygen atoms in total. The molecule has 2 rings (SSSR count). The first kappa shape index (κ1) is 28.9. The Balaban J connectivity index is 1.62. The van der Waals surface area contributed by atoms with E-state index < -0.39 is 42.4 Å². The second-order valence-corrected chi connectivity index (χ2v) is 6.74. The molecule has 0 N–H and O–H groups in total. The lowest BCUT2D eigenvalue weighted by Crippen LogP contribution is -2.08. The maximum Gasteiger partial charge on any atom is 0.317 e. The van der Waals surface area contributed by atoms with Gasteiger partial charge in [-0.05, 0) is 24.0 Å². The van der Waals surface area contributed by atoms with Crippen LogP contribution in [0, 0.1) is 64.1 Å². The summed E-state index contributed by atoms with van der Waals surface area (Å²) in [4.78, 5) is 40.5. The van der Waals surface area contributed by atoms with Gasteiger partial charge >= 0.3 is 11.4 Å². The van der Waals surface area contributed by atoms with Crippen LogP contribution in [0.2, 0.25) is 0 Å². The lowest BCUT2D eigenvalue weighted by Gasteiger charge is -2.06. The highest BCUT2D eigenvalue weighted by Gasteiger charge is 2.21. The van der Waals surface area contributed by atoms with Crippen molar-refractivity contribution in [2.45, 2.75) is 0 Å². The van der Waals surface area contributed by atoms with Gasteiger partial charge in [0, 0.05) is 12.1 Å². The summed E-state index contributed by atoms with van der Waals surface area (Å²) in [5, 5.41) is 43.5. The van der Waals surface area contributed by atoms with Crippen LogP contribution in [0.3, 0.4) is 0 Å². The molecule has 2 aromatic rings. The average Bonchev–Trinajstić information content (AvgIpc) is 2.88. The van der Waals surface area contributed by atoms with Crippen molar-refractivity contribution in [3.05, 3.63) is 76.9 Å². The molecule has 0 aliphatic carbocycles. The second-order valence-electron chi connectivity index (χ2n) is 6.74. The topological polar surface area (TPSA) is 209 Å². The summed E-state index contributed by atoms with van der Waals surface area (Å²) in [5.74, 6) is 9.99. The minimum atomic E-state index is -0.783. The first-order chi connectivity index (χ1) is 18.2. The van der Waals surface area contributed by atoms with Crippen molar-refractivity contribution in [2.24, 2.45) is 0 Å². The Labute approximate surface area is 213 Å². The lowest BCUT2D eigenvalue weighted by molar-refractivity contribution is -0.395. The summed E-state index contributed by atoms with van der Waals surface area (Å²) in [6, 6.07) is 6.08. The van der Waals surface area contributed by atoms with Crippen LogP contribution in [0.5, 0.6) is 11.5 Å². The van der Waals surface area contributed by atoms with E-state index in [2.05, 4.69) is 23.7 Å². The predicted molar refractivity (Wildman–Crippen MR) is 128 cm³/mol. The van der Waals surface area contributed by atoms with E-state index >= 15 is 0 Å². The molecule has 16 heteroatoms. The highest BCUT2D eigenvalue weighted by Crippen LogP contribution is 2.31. The van der Waals surface area contributed by atoms with Gasteiger partial charge in [0.2, 0.25) is 0 Å². The van der Waals surface area contributed by atoms with Gasteiger partial charge in [0.15, 0.2) is 11.5 Å². The number of non-ortho nitro benzene ring substituents is 2. The normalized spacial score (nSPS) is 9.79. The van der Waals surface area contributed by atoms with Crippen LogP contribution >= 0.6 is 0 Å². The van der Waals surface area contributed by atoms with E-state index in [1.54, 1.807) is 0 Å². The molecule has 0 bridgehead atoms. The molecular weight excluding hydrogens is 512 g/mol. The summed E-state index contributed by atoms with van der Waals surface area (Å²) in [5.41, 5.74) is -1.92. The summed E-state index contributed by atoms with van der Waals surface area (Å²) >= 11 is 0. The van der Waals surface area contributed by atoms with Crippen LogP contribution in [-0.2, 0) is 9.47 Å². The molecule has 0 radical (unpaired) electrons. The van der Waals surface area contributed by atoms with E-state index in [0.717, 1.165) is 36.4 Å². The molecule has 198 valence electrons. The van der Waals surface area contributed by atoms with Crippen molar-refractivity contribution in [3.8, 4) is 35.2 Å². The highest BCUT2D eigenvalue weighted by atomic mass is 16.6. The zero-order valence-electron chi connectivity index (χ0n) is 19.4. The minimum absolute atomic E-state index is 0.00308. The van der Waals surface area contributed by atoms with Crippen molar-refractivity contribution in [2.75, 3.05) is 39.6 Å². The molecule has 0 fully saturated rings. The Kier molecular flexibility index (Phi) is 11.4. The Morgan fingerprint density at radius 1 is 0.579 bits per heavy atom. The van der Waals surface area contributed by atoms with Crippen LogP contribution < -0.4 is 9.47 Å². The van der Waals surface area contributed by atoms with Crippen molar-refractivity contribution in [1.29, 1.82) is 0 Å². The Bertz CT molecular complexity index is 1220. The molecule has 0 saturated carbocycles. The molecule has 0 amide bonds. The number of nitrogens with zero attached hydrogens (tertiary/aromatic N) is 4. The molecule has 0 aromatic heterocycles. The summed E-state index contributed by atoms with van der Waals surface area (Å²) in [6.07, 6.45) is 0. The van der Waals surface area contributed by atoms with Crippen LogP contribution in [-0.4, -0.2) is 59.3 Å². The molecule has 0 aliphatic rings. The van der Waals surface area contributed by atoms with Crippen molar-refractivity contribution in [3.63, 3.8) is 0 Å². The molecular formula is C22H18N4O12. The Morgan fingerprint density at radius 3 is 1.32 bits per heavy atom. The molecule has 38 heavy (non-hydrogen) atoms. The maximum absolute atomic E-state index is 11.0. The number of rotatable bonds is 14. The largest absolute Gasteiger partial charge is 0.484 e. The third-order valence-corrected chi connectivity index (χ3v) is 4.26. The van der Waals surface area contributed by atoms with Gasteiger partial charge in [0.1, 0.15) is 26.4 Å². The number of hydrogen-bond acceptors (Lipinski definition) is 12. The van der Waals surface area contributed by atoms with Crippen molar-refractivity contribution < 1.29 is 38.6 Å². The second kappa shape index (κ2) is 14.9. The van der Waals surface area contributed by atoms with E-state index in [9.17, 15) is 40.5 Å². The van der Waals surface area contributed by atoms with E-state index in [0.29, 0.717) is 0 Å². The van der Waals surface area contributed by atoms with Crippen molar-refractivity contribution in [1.82, 2.24) is 0 Å². The van der Waals surface area contributed by atoms with Crippen LogP contribution in [0.15, 0.2) is 36.4 Å². The van der Waals surface area contributed by atoms with Gasteiger partial charge in [-0.15, -0.1) is 0 Å².